The van der Waals surface area contributed by atoms with E-state index in [1.165, 1.54) is 0 Å². The van der Waals surface area contributed by atoms with Gasteiger partial charge >= 0.3 is 0 Å². The molecule has 6 nitrogen and oxygen atoms in total. The second-order valence-corrected chi connectivity index (χ2v) is 6.58. The molecule has 0 aromatic rings. The van der Waals surface area contributed by atoms with Crippen LogP contribution in [0.25, 0.3) is 0 Å². The summed E-state index contributed by atoms with van der Waals surface area (Å²) in [6.45, 7) is 6.39. The molecule has 2 N–H and O–H groups in total. The normalized spacial score (nSPS) is 28.2. The van der Waals surface area contributed by atoms with Crippen molar-refractivity contribution in [3.63, 3.8) is 0 Å². The van der Waals surface area contributed by atoms with Crippen molar-refractivity contribution in [1.82, 2.24) is 15.5 Å². The molecule has 3 rings (SSSR count). The molecule has 23 heavy (non-hydrogen) atoms. The molecular formula is C17H30N4O2. The van der Waals surface area contributed by atoms with Crippen LogP contribution in [0.3, 0.4) is 0 Å². The maximum atomic E-state index is 5.63. The number of aliphatic imine (C=N–C) groups is 1. The average molecular weight is 322 g/mol. The Bertz CT molecular complexity index is 407. The van der Waals surface area contributed by atoms with E-state index >= 15 is 0 Å². The molecule has 2 heterocycles. The Morgan fingerprint density at radius 2 is 2.00 bits per heavy atom. The van der Waals surface area contributed by atoms with Gasteiger partial charge in [-0.1, -0.05) is 12.2 Å². The second-order valence-electron chi connectivity index (χ2n) is 6.58. The molecule has 0 amide bonds. The number of guanidine groups is 1. The Morgan fingerprint density at radius 3 is 2.65 bits per heavy atom. The lowest BCUT2D eigenvalue weighted by atomic mass is 9.97. The highest BCUT2D eigenvalue weighted by molar-refractivity contribution is 5.80. The van der Waals surface area contributed by atoms with Crippen molar-refractivity contribution in [3.8, 4) is 0 Å². The molecule has 2 atom stereocenters. The van der Waals surface area contributed by atoms with Crippen molar-refractivity contribution in [2.24, 2.45) is 10.9 Å². The van der Waals surface area contributed by atoms with Crippen molar-refractivity contribution >= 4 is 5.96 Å². The lowest BCUT2D eigenvalue weighted by Crippen LogP contribution is -2.54. The molecule has 2 unspecified atom stereocenters. The van der Waals surface area contributed by atoms with E-state index in [1.807, 2.05) is 7.05 Å². The molecular weight excluding hydrogens is 292 g/mol. The first-order chi connectivity index (χ1) is 11.4. The summed E-state index contributed by atoms with van der Waals surface area (Å²) in [5.74, 6) is 1.52. The smallest absolute Gasteiger partial charge is 0.191 e. The van der Waals surface area contributed by atoms with Crippen molar-refractivity contribution in [1.29, 1.82) is 0 Å². The first-order valence-corrected chi connectivity index (χ1v) is 8.88. The van der Waals surface area contributed by atoms with E-state index in [-0.39, 0.29) is 0 Å². The standard InChI is InChI=1S/C17H30N4O2/c1-18-17(20-15-4-2-3-5-15)19-12-16(14-6-9-23-13-14)21-7-10-22-11-8-21/h2-3,14-16H,4-13H2,1H3,(H2,18,19,20). The van der Waals surface area contributed by atoms with Gasteiger partial charge in [0, 0.05) is 51.3 Å². The number of nitrogens with one attached hydrogen (secondary N) is 2. The Kier molecular flexibility index (Phi) is 6.30. The van der Waals surface area contributed by atoms with Gasteiger partial charge in [0.05, 0.1) is 19.8 Å². The van der Waals surface area contributed by atoms with Crippen LogP contribution in [0, 0.1) is 5.92 Å². The number of nitrogens with zero attached hydrogens (tertiary/aromatic N) is 2. The summed E-state index contributed by atoms with van der Waals surface area (Å²) in [4.78, 5) is 6.94. The highest BCUT2D eigenvalue weighted by atomic mass is 16.5. The van der Waals surface area contributed by atoms with E-state index in [9.17, 15) is 0 Å². The molecule has 2 aliphatic heterocycles. The fourth-order valence-electron chi connectivity index (χ4n) is 3.68. The second kappa shape index (κ2) is 8.66. The van der Waals surface area contributed by atoms with E-state index < -0.39 is 0 Å². The molecule has 0 radical (unpaired) electrons. The topological polar surface area (TPSA) is 58.1 Å². The molecule has 0 saturated carbocycles. The maximum absolute atomic E-state index is 5.63. The SMILES string of the molecule is CN=C(NCC(C1CCOC1)N1CCOCC1)NC1CC=CC1. The summed E-state index contributed by atoms with van der Waals surface area (Å²) in [6, 6.07) is 0.972. The van der Waals surface area contributed by atoms with Crippen LogP contribution in [-0.4, -0.2) is 76.1 Å². The van der Waals surface area contributed by atoms with Gasteiger partial charge in [-0.25, -0.2) is 0 Å². The van der Waals surface area contributed by atoms with Crippen LogP contribution in [0.2, 0.25) is 0 Å². The number of ether oxygens (including phenoxy) is 2. The van der Waals surface area contributed by atoms with Gasteiger partial charge in [-0.05, 0) is 19.3 Å². The average Bonchev–Trinajstić information content (AvgIpc) is 3.29. The van der Waals surface area contributed by atoms with Crippen LogP contribution in [-0.2, 0) is 9.47 Å². The van der Waals surface area contributed by atoms with Gasteiger partial charge in [0.25, 0.3) is 0 Å². The molecule has 3 aliphatic rings. The largest absolute Gasteiger partial charge is 0.381 e. The van der Waals surface area contributed by atoms with Crippen LogP contribution >= 0.6 is 0 Å². The molecule has 0 aromatic carbocycles. The third kappa shape index (κ3) is 4.68. The Balaban J connectivity index is 1.53. The minimum Gasteiger partial charge on any atom is -0.381 e. The number of hydrogen-bond donors (Lipinski definition) is 2. The van der Waals surface area contributed by atoms with Crippen LogP contribution in [0.15, 0.2) is 17.1 Å². The third-order valence-corrected chi connectivity index (χ3v) is 5.07. The minimum absolute atomic E-state index is 0.484. The molecule has 130 valence electrons. The molecule has 0 bridgehead atoms. The molecule has 0 aromatic heterocycles. The summed E-state index contributed by atoms with van der Waals surface area (Å²) in [5.41, 5.74) is 0. The Hall–Kier alpha value is -1.11. The monoisotopic (exact) mass is 322 g/mol. The lowest BCUT2D eigenvalue weighted by Gasteiger charge is -2.37. The fraction of sp³-hybridized carbons (Fsp3) is 0.824. The van der Waals surface area contributed by atoms with Gasteiger partial charge < -0.3 is 20.1 Å². The highest BCUT2D eigenvalue weighted by Gasteiger charge is 2.31. The van der Waals surface area contributed by atoms with E-state index in [2.05, 4.69) is 32.7 Å². The number of rotatable bonds is 5. The predicted octanol–water partition coefficient (Wildman–Crippen LogP) is 0.607. The van der Waals surface area contributed by atoms with E-state index in [4.69, 9.17) is 9.47 Å². The van der Waals surface area contributed by atoms with E-state index in [0.29, 0.717) is 18.0 Å². The zero-order valence-electron chi connectivity index (χ0n) is 14.2. The predicted molar refractivity (Wildman–Crippen MR) is 91.8 cm³/mol. The Labute approximate surface area is 139 Å². The van der Waals surface area contributed by atoms with Crippen LogP contribution in [0.5, 0.6) is 0 Å². The van der Waals surface area contributed by atoms with Crippen molar-refractivity contribution in [2.45, 2.75) is 31.3 Å². The molecule has 0 spiro atoms. The van der Waals surface area contributed by atoms with Gasteiger partial charge in [-0.2, -0.15) is 0 Å². The van der Waals surface area contributed by atoms with E-state index in [1.54, 1.807) is 0 Å². The van der Waals surface area contributed by atoms with Crippen molar-refractivity contribution in [2.75, 3.05) is 53.1 Å². The van der Waals surface area contributed by atoms with Crippen LogP contribution in [0.1, 0.15) is 19.3 Å². The lowest BCUT2D eigenvalue weighted by molar-refractivity contribution is 0.00246. The summed E-state index contributed by atoms with van der Waals surface area (Å²) < 4.78 is 11.1. The summed E-state index contributed by atoms with van der Waals surface area (Å²) in [6.07, 6.45) is 7.80. The maximum Gasteiger partial charge on any atom is 0.191 e. The van der Waals surface area contributed by atoms with Gasteiger partial charge in [-0.3, -0.25) is 9.89 Å². The van der Waals surface area contributed by atoms with Crippen LogP contribution < -0.4 is 10.6 Å². The molecule has 1 aliphatic carbocycles. The number of hydrogen-bond acceptors (Lipinski definition) is 4. The van der Waals surface area contributed by atoms with Gasteiger partial charge in [0.1, 0.15) is 0 Å². The summed E-state index contributed by atoms with van der Waals surface area (Å²) >= 11 is 0. The van der Waals surface area contributed by atoms with Crippen molar-refractivity contribution < 1.29 is 9.47 Å². The zero-order chi connectivity index (χ0) is 15.9. The van der Waals surface area contributed by atoms with Gasteiger partial charge in [-0.15, -0.1) is 0 Å². The van der Waals surface area contributed by atoms with Crippen LogP contribution in [0.4, 0.5) is 0 Å². The highest BCUT2D eigenvalue weighted by Crippen LogP contribution is 2.21. The fourth-order valence-corrected chi connectivity index (χ4v) is 3.68. The first-order valence-electron chi connectivity index (χ1n) is 8.88. The first kappa shape index (κ1) is 16.7. The van der Waals surface area contributed by atoms with Gasteiger partial charge in [0.15, 0.2) is 5.96 Å². The van der Waals surface area contributed by atoms with Crippen molar-refractivity contribution in [3.05, 3.63) is 12.2 Å². The zero-order valence-corrected chi connectivity index (χ0v) is 14.2. The Morgan fingerprint density at radius 1 is 1.22 bits per heavy atom. The molecule has 2 saturated heterocycles. The number of morpholine rings is 1. The minimum atomic E-state index is 0.484. The summed E-state index contributed by atoms with van der Waals surface area (Å²) in [7, 11) is 1.85. The molecule has 2 fully saturated rings. The van der Waals surface area contributed by atoms with Gasteiger partial charge in [0.2, 0.25) is 0 Å². The van der Waals surface area contributed by atoms with E-state index in [0.717, 1.165) is 71.3 Å². The quantitative estimate of drug-likeness (QED) is 0.441. The molecule has 6 heteroatoms. The summed E-state index contributed by atoms with van der Waals surface area (Å²) in [5, 5.41) is 7.06. The third-order valence-electron chi connectivity index (χ3n) is 5.07.